The summed E-state index contributed by atoms with van der Waals surface area (Å²) in [6, 6.07) is 12.5. The van der Waals surface area contributed by atoms with Crippen molar-refractivity contribution < 1.29 is 4.39 Å². The van der Waals surface area contributed by atoms with Gasteiger partial charge in [-0.25, -0.2) is 4.39 Å². The van der Waals surface area contributed by atoms with Crippen LogP contribution in [-0.4, -0.2) is 14.1 Å². The Balaban J connectivity index is 2.26. The largest absolute Gasteiger partial charge is 0.369 e. The highest BCUT2D eigenvalue weighted by atomic mass is 35.5. The molecule has 20 heavy (non-hydrogen) atoms. The Morgan fingerprint density at radius 1 is 1.20 bits per heavy atom. The summed E-state index contributed by atoms with van der Waals surface area (Å²) >= 11 is 6.31. The smallest absolute Gasteiger partial charge is 0.123 e. The van der Waals surface area contributed by atoms with Gasteiger partial charge in [0.05, 0.1) is 10.7 Å². The van der Waals surface area contributed by atoms with Gasteiger partial charge < -0.3 is 10.2 Å². The molecular formula is C16H18ClFN2. The second kappa shape index (κ2) is 6.73. The van der Waals surface area contributed by atoms with E-state index in [4.69, 9.17) is 11.6 Å². The van der Waals surface area contributed by atoms with Crippen LogP contribution in [0.3, 0.4) is 0 Å². The van der Waals surface area contributed by atoms with E-state index in [2.05, 4.69) is 5.32 Å². The Bertz CT molecular complexity index is 586. The van der Waals surface area contributed by atoms with Gasteiger partial charge in [-0.05, 0) is 36.4 Å². The van der Waals surface area contributed by atoms with E-state index < -0.39 is 0 Å². The van der Waals surface area contributed by atoms with Crippen LogP contribution in [0.1, 0.15) is 11.1 Å². The van der Waals surface area contributed by atoms with Gasteiger partial charge in [0.1, 0.15) is 5.82 Å². The second-order valence-electron chi connectivity index (χ2n) is 4.76. The summed E-state index contributed by atoms with van der Waals surface area (Å²) in [7, 11) is 3.86. The third kappa shape index (κ3) is 3.50. The molecule has 4 heteroatoms. The molecule has 0 atom stereocenters. The maximum absolute atomic E-state index is 13.2. The van der Waals surface area contributed by atoms with E-state index in [-0.39, 0.29) is 5.82 Å². The average molecular weight is 293 g/mol. The number of benzene rings is 2. The van der Waals surface area contributed by atoms with Gasteiger partial charge in [-0.1, -0.05) is 35.9 Å². The molecule has 0 aliphatic rings. The summed E-state index contributed by atoms with van der Waals surface area (Å²) in [6.07, 6.45) is 0. The average Bonchev–Trinajstić information content (AvgIpc) is 2.39. The number of para-hydroxylation sites is 1. The molecule has 0 aromatic heterocycles. The number of hydrogen-bond acceptors (Lipinski definition) is 2. The third-order valence-electron chi connectivity index (χ3n) is 3.13. The highest BCUT2D eigenvalue weighted by molar-refractivity contribution is 6.33. The number of nitrogens with zero attached hydrogens (tertiary/aromatic N) is 1. The van der Waals surface area contributed by atoms with Crippen LogP contribution in [0.2, 0.25) is 5.02 Å². The van der Waals surface area contributed by atoms with Crippen molar-refractivity contribution in [3.8, 4) is 0 Å². The number of anilines is 1. The first-order valence-corrected chi connectivity index (χ1v) is 6.87. The van der Waals surface area contributed by atoms with Gasteiger partial charge in [0, 0.05) is 20.1 Å². The maximum Gasteiger partial charge on any atom is 0.123 e. The van der Waals surface area contributed by atoms with Gasteiger partial charge >= 0.3 is 0 Å². The highest BCUT2D eigenvalue weighted by Crippen LogP contribution is 2.30. The summed E-state index contributed by atoms with van der Waals surface area (Å²) in [6.45, 7) is 1.35. The van der Waals surface area contributed by atoms with Crippen molar-refractivity contribution in [2.45, 2.75) is 13.1 Å². The van der Waals surface area contributed by atoms with Gasteiger partial charge in [-0.15, -0.1) is 0 Å². The fourth-order valence-electron chi connectivity index (χ4n) is 2.31. The SMILES string of the molecule is CNCc1cccc(Cl)c1N(C)Cc1cccc(F)c1. The minimum atomic E-state index is -0.217. The Morgan fingerprint density at radius 2 is 1.95 bits per heavy atom. The van der Waals surface area contributed by atoms with E-state index in [0.717, 1.165) is 23.4 Å². The number of rotatable bonds is 5. The van der Waals surface area contributed by atoms with Crippen molar-refractivity contribution in [2.75, 3.05) is 19.0 Å². The van der Waals surface area contributed by atoms with Crippen LogP contribution in [-0.2, 0) is 13.1 Å². The van der Waals surface area contributed by atoms with Crippen LogP contribution in [0.4, 0.5) is 10.1 Å². The van der Waals surface area contributed by atoms with Crippen LogP contribution in [0.25, 0.3) is 0 Å². The minimum absolute atomic E-state index is 0.217. The lowest BCUT2D eigenvalue weighted by molar-refractivity contribution is 0.625. The van der Waals surface area contributed by atoms with Crippen molar-refractivity contribution in [1.82, 2.24) is 5.32 Å². The van der Waals surface area contributed by atoms with E-state index in [1.165, 1.54) is 6.07 Å². The molecule has 0 heterocycles. The van der Waals surface area contributed by atoms with Crippen LogP contribution < -0.4 is 10.2 Å². The molecule has 0 radical (unpaired) electrons. The summed E-state index contributed by atoms with van der Waals surface area (Å²) in [4.78, 5) is 2.05. The molecule has 2 aromatic rings. The molecule has 0 saturated heterocycles. The van der Waals surface area contributed by atoms with Gasteiger partial charge in [-0.2, -0.15) is 0 Å². The van der Waals surface area contributed by atoms with Crippen LogP contribution >= 0.6 is 11.6 Å². The zero-order valence-corrected chi connectivity index (χ0v) is 12.4. The third-order valence-corrected chi connectivity index (χ3v) is 3.43. The van der Waals surface area contributed by atoms with Gasteiger partial charge in [0.15, 0.2) is 0 Å². The molecule has 0 saturated carbocycles. The summed E-state index contributed by atoms with van der Waals surface area (Å²) in [5.41, 5.74) is 3.02. The number of halogens is 2. The molecule has 0 spiro atoms. The monoisotopic (exact) mass is 292 g/mol. The Kier molecular flexibility index (Phi) is 4.99. The molecule has 1 N–H and O–H groups in total. The van der Waals surface area contributed by atoms with Crippen molar-refractivity contribution in [1.29, 1.82) is 0 Å². The first-order valence-electron chi connectivity index (χ1n) is 6.49. The fraction of sp³-hybridized carbons (Fsp3) is 0.250. The van der Waals surface area contributed by atoms with Crippen molar-refractivity contribution in [3.63, 3.8) is 0 Å². The molecule has 0 fully saturated rings. The first kappa shape index (κ1) is 14.8. The molecular weight excluding hydrogens is 275 g/mol. The summed E-state index contributed by atoms with van der Waals surface area (Å²) in [5.74, 6) is -0.217. The van der Waals surface area contributed by atoms with Gasteiger partial charge in [0.25, 0.3) is 0 Å². The normalized spacial score (nSPS) is 10.6. The lowest BCUT2D eigenvalue weighted by Crippen LogP contribution is -2.20. The van der Waals surface area contributed by atoms with Crippen molar-refractivity contribution in [2.24, 2.45) is 0 Å². The number of nitrogens with one attached hydrogen (secondary N) is 1. The van der Waals surface area contributed by atoms with Gasteiger partial charge in [-0.3, -0.25) is 0 Å². The Labute approximate surface area is 124 Å². The first-order chi connectivity index (χ1) is 9.61. The molecule has 0 aliphatic carbocycles. The molecule has 2 rings (SSSR count). The van der Waals surface area contributed by atoms with E-state index in [1.807, 2.05) is 43.3 Å². The van der Waals surface area contributed by atoms with Crippen LogP contribution in [0.5, 0.6) is 0 Å². The molecule has 0 bridgehead atoms. The second-order valence-corrected chi connectivity index (χ2v) is 5.17. The summed E-state index contributed by atoms with van der Waals surface area (Å²) < 4.78 is 13.2. The quantitative estimate of drug-likeness (QED) is 0.901. The molecule has 106 valence electrons. The molecule has 2 nitrogen and oxygen atoms in total. The maximum atomic E-state index is 13.2. The zero-order valence-electron chi connectivity index (χ0n) is 11.7. The summed E-state index contributed by atoms with van der Waals surface area (Å²) in [5, 5.41) is 3.84. The van der Waals surface area contributed by atoms with Crippen molar-refractivity contribution >= 4 is 17.3 Å². The molecule has 0 amide bonds. The predicted octanol–water partition coefficient (Wildman–Crippen LogP) is 3.83. The van der Waals surface area contributed by atoms with Crippen LogP contribution in [0, 0.1) is 5.82 Å². The Morgan fingerprint density at radius 3 is 2.65 bits per heavy atom. The van der Waals surface area contributed by atoms with Crippen molar-refractivity contribution in [3.05, 3.63) is 64.4 Å². The van der Waals surface area contributed by atoms with Gasteiger partial charge in [0.2, 0.25) is 0 Å². The highest BCUT2D eigenvalue weighted by Gasteiger charge is 2.12. The fourth-order valence-corrected chi connectivity index (χ4v) is 2.65. The minimum Gasteiger partial charge on any atom is -0.369 e. The van der Waals surface area contributed by atoms with Crippen LogP contribution in [0.15, 0.2) is 42.5 Å². The van der Waals surface area contributed by atoms with E-state index in [0.29, 0.717) is 11.6 Å². The molecule has 2 aromatic carbocycles. The zero-order chi connectivity index (χ0) is 14.5. The Hall–Kier alpha value is -1.58. The number of hydrogen-bond donors (Lipinski definition) is 1. The molecule has 0 unspecified atom stereocenters. The topological polar surface area (TPSA) is 15.3 Å². The standard InChI is InChI=1S/C16H18ClFN2/c1-19-10-13-6-4-8-15(17)16(13)20(2)11-12-5-3-7-14(18)9-12/h3-9,19H,10-11H2,1-2H3. The lowest BCUT2D eigenvalue weighted by atomic mass is 10.1. The molecule has 0 aliphatic heterocycles. The lowest BCUT2D eigenvalue weighted by Gasteiger charge is -2.24. The predicted molar refractivity (Wildman–Crippen MR) is 82.7 cm³/mol. The van der Waals surface area contributed by atoms with E-state index in [1.54, 1.807) is 12.1 Å². The van der Waals surface area contributed by atoms with E-state index >= 15 is 0 Å². The van der Waals surface area contributed by atoms with E-state index in [9.17, 15) is 4.39 Å².